The van der Waals surface area contributed by atoms with Crippen molar-refractivity contribution in [2.24, 2.45) is 5.41 Å². The van der Waals surface area contributed by atoms with Crippen molar-refractivity contribution in [2.45, 2.75) is 79.4 Å². The molecule has 0 spiro atoms. The Kier molecular flexibility index (Phi) is 7.98. The summed E-state index contributed by atoms with van der Waals surface area (Å²) in [6.07, 6.45) is -11.9. The van der Waals surface area contributed by atoms with Crippen molar-refractivity contribution in [1.29, 1.82) is 0 Å². The van der Waals surface area contributed by atoms with Crippen LogP contribution in [0, 0.1) is 5.41 Å². The van der Waals surface area contributed by atoms with Crippen LogP contribution in [-0.4, -0.2) is 50.9 Å². The molecule has 0 amide bonds. The summed E-state index contributed by atoms with van der Waals surface area (Å²) in [4.78, 5) is 0. The fraction of sp³-hybridized carbons (Fsp3) is 1.00. The van der Waals surface area contributed by atoms with Crippen molar-refractivity contribution in [2.75, 3.05) is 0 Å². The van der Waals surface area contributed by atoms with E-state index < -0.39 is 64.1 Å². The Hall–Kier alpha value is -0.220. The van der Waals surface area contributed by atoms with Gasteiger partial charge in [0.1, 0.15) is 0 Å². The molecule has 29 heavy (non-hydrogen) atoms. The molecule has 2 unspecified atom stereocenters. The highest BCUT2D eigenvalue weighted by molar-refractivity contribution is 14.1. The summed E-state index contributed by atoms with van der Waals surface area (Å²) in [5.74, 6) is -36.8. The van der Waals surface area contributed by atoms with Crippen molar-refractivity contribution in [3.63, 3.8) is 0 Å². The van der Waals surface area contributed by atoms with Crippen LogP contribution in [0.1, 0.15) is 33.6 Å². The number of aliphatic hydroxyl groups excluding tert-OH is 1. The first-order valence-corrected chi connectivity index (χ1v) is 8.80. The van der Waals surface area contributed by atoms with Crippen LogP contribution in [0.3, 0.4) is 0 Å². The normalized spacial score (nSPS) is 18.0. The van der Waals surface area contributed by atoms with E-state index in [4.69, 9.17) is 0 Å². The molecule has 0 aliphatic heterocycles. The zero-order valence-corrected chi connectivity index (χ0v) is 17.0. The molecule has 0 fully saturated rings. The molecule has 1 nitrogen and oxygen atoms in total. The Morgan fingerprint density at radius 1 is 0.655 bits per heavy atom. The highest BCUT2D eigenvalue weighted by Crippen LogP contribution is 2.61. The first kappa shape index (κ1) is 28.8. The molecule has 0 aliphatic rings. The average molecular weight is 574 g/mol. The molecule has 0 aromatic heterocycles. The number of hydrogen-bond acceptors (Lipinski definition) is 1. The van der Waals surface area contributed by atoms with Gasteiger partial charge in [0.15, 0.2) is 0 Å². The number of rotatable bonds is 8. The molecule has 0 rings (SSSR count). The van der Waals surface area contributed by atoms with Gasteiger partial charge in [-0.2, -0.15) is 57.1 Å². The first-order chi connectivity index (χ1) is 12.3. The second-order valence-corrected chi connectivity index (χ2v) is 9.18. The summed E-state index contributed by atoms with van der Waals surface area (Å²) >= 11 is 1.01. The van der Waals surface area contributed by atoms with Gasteiger partial charge in [0, 0.05) is 10.3 Å². The van der Waals surface area contributed by atoms with Gasteiger partial charge in [0.2, 0.25) is 0 Å². The Labute approximate surface area is 170 Å². The summed E-state index contributed by atoms with van der Waals surface area (Å²) in [5, 5.41) is 9.71. The maximum absolute atomic E-state index is 13.7. The highest BCUT2D eigenvalue weighted by atomic mass is 127. The fourth-order valence-corrected chi connectivity index (χ4v) is 2.92. The smallest absolute Gasteiger partial charge is 0.393 e. The minimum atomic E-state index is -7.89. The van der Waals surface area contributed by atoms with Crippen molar-refractivity contribution < 1.29 is 62.2 Å². The van der Waals surface area contributed by atoms with Gasteiger partial charge in [-0.15, -0.1) is 0 Å². The van der Waals surface area contributed by atoms with Crippen molar-refractivity contribution in [3.8, 4) is 0 Å². The highest BCUT2D eigenvalue weighted by Gasteiger charge is 2.90. The van der Waals surface area contributed by atoms with Crippen LogP contribution < -0.4 is 0 Å². The van der Waals surface area contributed by atoms with Crippen LogP contribution in [0.25, 0.3) is 0 Å². The van der Waals surface area contributed by atoms with Gasteiger partial charge in [-0.25, -0.2) is 0 Å². The Bertz CT molecular complexity index is 565. The van der Waals surface area contributed by atoms with Crippen molar-refractivity contribution in [3.05, 3.63) is 0 Å². The third kappa shape index (κ3) is 5.17. The van der Waals surface area contributed by atoms with E-state index >= 15 is 0 Å². The van der Waals surface area contributed by atoms with Crippen LogP contribution in [0.5, 0.6) is 0 Å². The first-order valence-electron chi connectivity index (χ1n) is 7.55. The SMILES string of the molecule is CC(C)(C)C(O)CC(I)CC(F)(F)C(F)(F)C(F)(F)C(F)(F)C(F)(F)C(F)(F)F. The topological polar surface area (TPSA) is 20.2 Å². The molecule has 2 atom stereocenters. The van der Waals surface area contributed by atoms with Gasteiger partial charge < -0.3 is 5.11 Å². The maximum Gasteiger partial charge on any atom is 0.460 e. The molecular formula is C14H16F13IO. The summed E-state index contributed by atoms with van der Waals surface area (Å²) in [5.41, 5.74) is -0.979. The van der Waals surface area contributed by atoms with Crippen LogP contribution >= 0.6 is 22.6 Å². The molecular weight excluding hydrogens is 558 g/mol. The molecule has 0 bridgehead atoms. The van der Waals surface area contributed by atoms with E-state index in [1.807, 2.05) is 0 Å². The summed E-state index contributed by atoms with van der Waals surface area (Å²) in [6.45, 7) is 4.17. The molecule has 0 aromatic carbocycles. The molecule has 176 valence electrons. The van der Waals surface area contributed by atoms with Crippen LogP contribution in [0.4, 0.5) is 57.1 Å². The lowest BCUT2D eigenvalue weighted by Gasteiger charge is -2.40. The maximum atomic E-state index is 13.7. The quantitative estimate of drug-likeness (QED) is 0.194. The van der Waals surface area contributed by atoms with E-state index in [0.717, 1.165) is 22.6 Å². The lowest BCUT2D eigenvalue weighted by atomic mass is 9.85. The molecule has 0 heterocycles. The Morgan fingerprint density at radius 2 is 1.00 bits per heavy atom. The van der Waals surface area contributed by atoms with Crippen LogP contribution in [-0.2, 0) is 0 Å². The third-order valence-electron chi connectivity index (χ3n) is 3.95. The molecule has 0 aromatic rings. The largest absolute Gasteiger partial charge is 0.460 e. The monoisotopic (exact) mass is 574 g/mol. The van der Waals surface area contributed by atoms with Gasteiger partial charge in [-0.05, 0) is 11.8 Å². The minimum absolute atomic E-state index is 0.712. The molecule has 15 heteroatoms. The minimum Gasteiger partial charge on any atom is -0.393 e. The predicted molar refractivity (Wildman–Crippen MR) is 83.3 cm³/mol. The van der Waals surface area contributed by atoms with E-state index in [2.05, 4.69) is 0 Å². The molecule has 1 N–H and O–H groups in total. The lowest BCUT2D eigenvalue weighted by Crippen LogP contribution is -2.70. The molecule has 0 saturated carbocycles. The number of hydrogen-bond donors (Lipinski definition) is 1. The second kappa shape index (κ2) is 8.04. The molecule has 0 radical (unpaired) electrons. The van der Waals surface area contributed by atoms with Crippen LogP contribution in [0.2, 0.25) is 0 Å². The van der Waals surface area contributed by atoms with Gasteiger partial charge >= 0.3 is 35.8 Å². The second-order valence-electron chi connectivity index (χ2n) is 7.42. The van der Waals surface area contributed by atoms with Gasteiger partial charge in [0.25, 0.3) is 0 Å². The number of alkyl halides is 14. The van der Waals surface area contributed by atoms with E-state index in [1.54, 1.807) is 0 Å². The summed E-state index contributed by atoms with van der Waals surface area (Å²) < 4.78 is 167. The van der Waals surface area contributed by atoms with Gasteiger partial charge in [-0.3, -0.25) is 0 Å². The summed E-state index contributed by atoms with van der Waals surface area (Å²) in [7, 11) is 0. The van der Waals surface area contributed by atoms with E-state index in [0.29, 0.717) is 0 Å². The molecule has 0 saturated heterocycles. The Morgan fingerprint density at radius 3 is 1.31 bits per heavy atom. The van der Waals surface area contributed by atoms with Crippen molar-refractivity contribution in [1.82, 2.24) is 0 Å². The van der Waals surface area contributed by atoms with Gasteiger partial charge in [-0.1, -0.05) is 43.4 Å². The summed E-state index contributed by atoms with van der Waals surface area (Å²) in [6, 6.07) is 0. The predicted octanol–water partition coefficient (Wildman–Crippen LogP) is 6.72. The van der Waals surface area contributed by atoms with E-state index in [-0.39, 0.29) is 0 Å². The average Bonchev–Trinajstić information content (AvgIpc) is 2.43. The molecule has 0 aliphatic carbocycles. The zero-order chi connectivity index (χ0) is 24.1. The number of halogens is 14. The zero-order valence-electron chi connectivity index (χ0n) is 14.8. The third-order valence-corrected chi connectivity index (χ3v) is 4.90. The van der Waals surface area contributed by atoms with Crippen molar-refractivity contribution >= 4 is 22.6 Å². The van der Waals surface area contributed by atoms with E-state index in [9.17, 15) is 62.2 Å². The van der Waals surface area contributed by atoms with Crippen LogP contribution in [0.15, 0.2) is 0 Å². The van der Waals surface area contributed by atoms with Gasteiger partial charge in [0.05, 0.1) is 6.10 Å². The van der Waals surface area contributed by atoms with E-state index in [1.165, 1.54) is 20.8 Å². The lowest BCUT2D eigenvalue weighted by molar-refractivity contribution is -0.440. The Balaban J connectivity index is 5.93. The number of aliphatic hydroxyl groups is 1. The fourth-order valence-electron chi connectivity index (χ4n) is 1.89. The standard InChI is InChI=1S/C14H16F13IO/c1-8(2,3)7(29)4-6(28)5-9(15,16)10(17,18)11(19,20)12(21,22)13(23,24)14(25,26)27/h6-7,29H,4-5H2,1-3H3.